The van der Waals surface area contributed by atoms with E-state index in [1.807, 2.05) is 31.8 Å². The summed E-state index contributed by atoms with van der Waals surface area (Å²) in [6.07, 6.45) is 1.90. The van der Waals surface area contributed by atoms with Crippen molar-refractivity contribution in [3.8, 4) is 0 Å². The van der Waals surface area contributed by atoms with E-state index in [2.05, 4.69) is 31.1 Å². The van der Waals surface area contributed by atoms with E-state index in [4.69, 9.17) is 0 Å². The predicted molar refractivity (Wildman–Crippen MR) is 61.5 cm³/mol. The molecule has 0 radical (unpaired) electrons. The van der Waals surface area contributed by atoms with E-state index < -0.39 is 0 Å². The van der Waals surface area contributed by atoms with Gasteiger partial charge in [0.05, 0.1) is 11.7 Å². The van der Waals surface area contributed by atoms with Crippen LogP contribution in [0.1, 0.15) is 25.0 Å². The molecule has 2 rings (SSSR count). The van der Waals surface area contributed by atoms with Crippen LogP contribution in [0.15, 0.2) is 18.3 Å². The molecule has 0 N–H and O–H groups in total. The molecule has 1 aromatic heterocycles. The van der Waals surface area contributed by atoms with Crippen molar-refractivity contribution in [3.05, 3.63) is 29.5 Å². The molecule has 1 aromatic carbocycles. The smallest absolute Gasteiger partial charge is 0.0710 e. The highest BCUT2D eigenvalue weighted by atomic mass is 15.2. The molecule has 1 heterocycles. The third-order valence-electron chi connectivity index (χ3n) is 2.43. The van der Waals surface area contributed by atoms with Gasteiger partial charge in [-0.1, -0.05) is 26.0 Å². The van der Waals surface area contributed by atoms with Crippen LogP contribution in [0, 0.1) is 13.8 Å². The Bertz CT molecular complexity index is 427. The Labute approximate surface area is 85.6 Å². The van der Waals surface area contributed by atoms with Crippen molar-refractivity contribution in [1.29, 1.82) is 0 Å². The topological polar surface area (TPSA) is 17.8 Å². The normalized spacial score (nSPS) is 9.79. The summed E-state index contributed by atoms with van der Waals surface area (Å²) in [6.45, 7) is 8.26. The molecule has 0 saturated heterocycles. The lowest BCUT2D eigenvalue weighted by Crippen LogP contribution is -1.92. The molecule has 76 valence electrons. The Hall–Kier alpha value is -1.31. The number of benzene rings is 1. The maximum Gasteiger partial charge on any atom is 0.0710 e. The van der Waals surface area contributed by atoms with E-state index in [0.29, 0.717) is 0 Å². The average molecular weight is 190 g/mol. The first kappa shape index (κ1) is 10.8. The van der Waals surface area contributed by atoms with Gasteiger partial charge in [0.25, 0.3) is 0 Å². The summed E-state index contributed by atoms with van der Waals surface area (Å²) in [7, 11) is 1.98. The molecule has 0 amide bonds. The Morgan fingerprint density at radius 2 is 1.79 bits per heavy atom. The zero-order valence-electron chi connectivity index (χ0n) is 9.63. The lowest BCUT2D eigenvalue weighted by atomic mass is 10.1. The predicted octanol–water partition coefficient (Wildman–Crippen LogP) is 3.22. The van der Waals surface area contributed by atoms with Gasteiger partial charge in [-0.25, -0.2) is 0 Å². The number of aryl methyl sites for hydroxylation is 3. The van der Waals surface area contributed by atoms with Crippen LogP contribution in [0.4, 0.5) is 0 Å². The largest absolute Gasteiger partial charge is 0.268 e. The molecule has 0 fully saturated rings. The van der Waals surface area contributed by atoms with Gasteiger partial charge in [0.2, 0.25) is 0 Å². The van der Waals surface area contributed by atoms with E-state index in [0.717, 1.165) is 0 Å². The molecule has 2 heteroatoms. The van der Waals surface area contributed by atoms with Gasteiger partial charge in [0.15, 0.2) is 0 Å². The van der Waals surface area contributed by atoms with Gasteiger partial charge < -0.3 is 0 Å². The van der Waals surface area contributed by atoms with Gasteiger partial charge in [0.1, 0.15) is 0 Å². The van der Waals surface area contributed by atoms with Crippen LogP contribution in [-0.4, -0.2) is 9.78 Å². The first-order valence-corrected chi connectivity index (χ1v) is 5.08. The van der Waals surface area contributed by atoms with E-state index >= 15 is 0 Å². The Balaban J connectivity index is 0.000000461. The van der Waals surface area contributed by atoms with E-state index in [-0.39, 0.29) is 0 Å². The van der Waals surface area contributed by atoms with E-state index in [9.17, 15) is 0 Å². The quantitative estimate of drug-likeness (QED) is 0.623. The molecule has 0 aliphatic rings. The van der Waals surface area contributed by atoms with Crippen molar-refractivity contribution in [2.45, 2.75) is 27.7 Å². The maximum atomic E-state index is 4.21. The van der Waals surface area contributed by atoms with Crippen LogP contribution >= 0.6 is 0 Å². The first-order chi connectivity index (χ1) is 6.70. The lowest BCUT2D eigenvalue weighted by molar-refractivity contribution is 0.794. The summed E-state index contributed by atoms with van der Waals surface area (Å²) in [6, 6.07) is 4.25. The highest BCUT2D eigenvalue weighted by Crippen LogP contribution is 2.19. The third-order valence-corrected chi connectivity index (χ3v) is 2.43. The second-order valence-electron chi connectivity index (χ2n) is 3.21. The summed E-state index contributed by atoms with van der Waals surface area (Å²) in [5, 5.41) is 5.44. The van der Waals surface area contributed by atoms with Gasteiger partial charge in [-0.2, -0.15) is 5.10 Å². The first-order valence-electron chi connectivity index (χ1n) is 5.08. The van der Waals surface area contributed by atoms with Crippen LogP contribution in [-0.2, 0) is 7.05 Å². The maximum absolute atomic E-state index is 4.21. The molecule has 2 nitrogen and oxygen atoms in total. The highest BCUT2D eigenvalue weighted by Gasteiger charge is 2.03. The number of hydrogen-bond donors (Lipinski definition) is 0. The average Bonchev–Trinajstić information content (AvgIpc) is 2.58. The van der Waals surface area contributed by atoms with Crippen molar-refractivity contribution in [3.63, 3.8) is 0 Å². The zero-order chi connectivity index (χ0) is 10.7. The molecular formula is C12H18N2. The zero-order valence-corrected chi connectivity index (χ0v) is 9.63. The summed E-state index contributed by atoms with van der Waals surface area (Å²) in [5.74, 6) is 0. The molecule has 0 aliphatic carbocycles. The number of fused-ring (bicyclic) bond motifs is 1. The monoisotopic (exact) mass is 190 g/mol. The minimum atomic E-state index is 1.22. The fourth-order valence-electron chi connectivity index (χ4n) is 1.56. The molecule has 0 aliphatic heterocycles. The van der Waals surface area contributed by atoms with Crippen molar-refractivity contribution in [1.82, 2.24) is 9.78 Å². The van der Waals surface area contributed by atoms with Gasteiger partial charge in [-0.3, -0.25) is 4.68 Å². The minimum Gasteiger partial charge on any atom is -0.268 e. The summed E-state index contributed by atoms with van der Waals surface area (Å²) in [5.41, 5.74) is 3.90. The number of rotatable bonds is 0. The Kier molecular flexibility index (Phi) is 3.28. The summed E-state index contributed by atoms with van der Waals surface area (Å²) < 4.78 is 1.93. The van der Waals surface area contributed by atoms with Crippen molar-refractivity contribution >= 4 is 10.9 Å². The second kappa shape index (κ2) is 4.27. The Morgan fingerprint density at radius 1 is 1.14 bits per heavy atom. The summed E-state index contributed by atoms with van der Waals surface area (Å²) in [4.78, 5) is 0. The molecule has 0 saturated carbocycles. The van der Waals surface area contributed by atoms with Crippen LogP contribution in [0.3, 0.4) is 0 Å². The third kappa shape index (κ3) is 1.65. The van der Waals surface area contributed by atoms with Crippen molar-refractivity contribution < 1.29 is 0 Å². The van der Waals surface area contributed by atoms with Crippen LogP contribution < -0.4 is 0 Å². The number of nitrogens with zero attached hydrogens (tertiary/aromatic N) is 2. The molecule has 0 atom stereocenters. The van der Waals surface area contributed by atoms with Crippen LogP contribution in [0.5, 0.6) is 0 Å². The lowest BCUT2D eigenvalue weighted by Gasteiger charge is -2.02. The van der Waals surface area contributed by atoms with Gasteiger partial charge >= 0.3 is 0 Å². The van der Waals surface area contributed by atoms with Crippen LogP contribution in [0.25, 0.3) is 10.9 Å². The molecule has 0 unspecified atom stereocenters. The fourth-order valence-corrected chi connectivity index (χ4v) is 1.56. The SMILES string of the molecule is CC.Cc1ccc2cnn(C)c2c1C. The van der Waals surface area contributed by atoms with Gasteiger partial charge in [-0.05, 0) is 25.0 Å². The van der Waals surface area contributed by atoms with E-state index in [1.165, 1.54) is 22.0 Å². The number of hydrogen-bond acceptors (Lipinski definition) is 1. The second-order valence-corrected chi connectivity index (χ2v) is 3.21. The molecule has 2 aromatic rings. The van der Waals surface area contributed by atoms with Crippen molar-refractivity contribution in [2.75, 3.05) is 0 Å². The van der Waals surface area contributed by atoms with Crippen molar-refractivity contribution in [2.24, 2.45) is 7.05 Å². The number of aromatic nitrogens is 2. The fraction of sp³-hybridized carbons (Fsp3) is 0.417. The Morgan fingerprint density at radius 3 is 2.43 bits per heavy atom. The standard InChI is InChI=1S/C10H12N2.C2H6/c1-7-4-5-9-6-11-12(3)10(9)8(7)2;1-2/h4-6H,1-3H3;1-2H3. The highest BCUT2D eigenvalue weighted by molar-refractivity contribution is 5.82. The van der Waals surface area contributed by atoms with Gasteiger partial charge in [-0.15, -0.1) is 0 Å². The molecule has 0 bridgehead atoms. The molecule has 0 spiro atoms. The summed E-state index contributed by atoms with van der Waals surface area (Å²) >= 11 is 0. The minimum absolute atomic E-state index is 1.22. The van der Waals surface area contributed by atoms with E-state index in [1.54, 1.807) is 0 Å². The molecule has 14 heavy (non-hydrogen) atoms. The van der Waals surface area contributed by atoms with Gasteiger partial charge in [0, 0.05) is 12.4 Å². The van der Waals surface area contributed by atoms with Crippen LogP contribution in [0.2, 0.25) is 0 Å². The molecular weight excluding hydrogens is 172 g/mol.